The molecule has 2 unspecified atom stereocenters. The van der Waals surface area contributed by atoms with Crippen LogP contribution in [0.1, 0.15) is 23.8 Å². The molecule has 1 aromatic heterocycles. The number of hydrogen-bond donors (Lipinski definition) is 1. The van der Waals surface area contributed by atoms with E-state index in [1.54, 1.807) is 11.3 Å². The SMILES string of the molecule is N#CC(NCC1CCCO1)c1ccc(Br)s1. The average molecular weight is 301 g/mol. The lowest BCUT2D eigenvalue weighted by atomic mass is 10.2. The van der Waals surface area contributed by atoms with E-state index in [4.69, 9.17) is 10.00 Å². The third-order valence-corrected chi connectivity index (χ3v) is 4.27. The van der Waals surface area contributed by atoms with Gasteiger partial charge in [0.1, 0.15) is 6.04 Å². The zero-order valence-corrected chi connectivity index (χ0v) is 11.2. The molecule has 1 aliphatic rings. The summed E-state index contributed by atoms with van der Waals surface area (Å²) in [6.07, 6.45) is 2.51. The van der Waals surface area contributed by atoms with Gasteiger partial charge in [0.25, 0.3) is 0 Å². The van der Waals surface area contributed by atoms with Crippen molar-refractivity contribution in [2.45, 2.75) is 25.0 Å². The number of halogens is 1. The summed E-state index contributed by atoms with van der Waals surface area (Å²) < 4.78 is 6.57. The van der Waals surface area contributed by atoms with E-state index >= 15 is 0 Å². The van der Waals surface area contributed by atoms with Crippen LogP contribution < -0.4 is 5.32 Å². The fraction of sp³-hybridized carbons (Fsp3) is 0.545. The number of nitriles is 1. The number of ether oxygens (including phenoxy) is 1. The van der Waals surface area contributed by atoms with E-state index < -0.39 is 0 Å². The molecule has 0 aliphatic carbocycles. The molecule has 16 heavy (non-hydrogen) atoms. The van der Waals surface area contributed by atoms with Crippen LogP contribution in [0.15, 0.2) is 15.9 Å². The van der Waals surface area contributed by atoms with Crippen molar-refractivity contribution in [2.24, 2.45) is 0 Å². The standard InChI is InChI=1S/C11H13BrN2OS/c12-11-4-3-10(16-11)9(6-13)14-7-8-2-1-5-15-8/h3-4,8-9,14H,1-2,5,7H2. The van der Waals surface area contributed by atoms with Crippen molar-refractivity contribution in [3.63, 3.8) is 0 Å². The Morgan fingerprint density at radius 1 is 1.69 bits per heavy atom. The van der Waals surface area contributed by atoms with Crippen LogP contribution in [0.3, 0.4) is 0 Å². The van der Waals surface area contributed by atoms with Crippen LogP contribution in [-0.2, 0) is 4.74 Å². The summed E-state index contributed by atoms with van der Waals surface area (Å²) in [7, 11) is 0. The summed E-state index contributed by atoms with van der Waals surface area (Å²) in [5.41, 5.74) is 0. The van der Waals surface area contributed by atoms with Crippen molar-refractivity contribution < 1.29 is 4.74 Å². The summed E-state index contributed by atoms with van der Waals surface area (Å²) in [6.45, 7) is 1.61. The van der Waals surface area contributed by atoms with Crippen LogP contribution in [0.4, 0.5) is 0 Å². The fourth-order valence-electron chi connectivity index (χ4n) is 1.75. The first kappa shape index (κ1) is 12.1. The third kappa shape index (κ3) is 3.05. The highest BCUT2D eigenvalue weighted by Crippen LogP contribution is 2.27. The minimum absolute atomic E-state index is 0.222. The van der Waals surface area contributed by atoms with Crippen molar-refractivity contribution in [1.29, 1.82) is 5.26 Å². The zero-order valence-electron chi connectivity index (χ0n) is 8.78. The van der Waals surface area contributed by atoms with Gasteiger partial charge in [-0.15, -0.1) is 11.3 Å². The van der Waals surface area contributed by atoms with Gasteiger partial charge in [0.15, 0.2) is 0 Å². The van der Waals surface area contributed by atoms with E-state index in [1.807, 2.05) is 12.1 Å². The maximum absolute atomic E-state index is 9.10. The molecule has 1 aromatic rings. The van der Waals surface area contributed by atoms with E-state index in [1.165, 1.54) is 0 Å². The van der Waals surface area contributed by atoms with Gasteiger partial charge in [-0.25, -0.2) is 0 Å². The van der Waals surface area contributed by atoms with E-state index in [2.05, 4.69) is 27.3 Å². The second-order valence-electron chi connectivity index (χ2n) is 3.75. The van der Waals surface area contributed by atoms with Gasteiger partial charge < -0.3 is 4.74 Å². The first-order valence-electron chi connectivity index (χ1n) is 5.29. The minimum atomic E-state index is -0.222. The first-order chi connectivity index (χ1) is 7.79. The van der Waals surface area contributed by atoms with Crippen LogP contribution in [-0.4, -0.2) is 19.3 Å². The molecule has 2 atom stereocenters. The lowest BCUT2D eigenvalue weighted by Gasteiger charge is -2.13. The summed E-state index contributed by atoms with van der Waals surface area (Å²) in [5.74, 6) is 0. The molecule has 2 rings (SSSR count). The smallest absolute Gasteiger partial charge is 0.130 e. The van der Waals surface area contributed by atoms with Gasteiger partial charge in [-0.1, -0.05) is 0 Å². The van der Waals surface area contributed by atoms with Crippen molar-refractivity contribution in [3.8, 4) is 6.07 Å². The first-order valence-corrected chi connectivity index (χ1v) is 6.90. The highest BCUT2D eigenvalue weighted by molar-refractivity contribution is 9.11. The van der Waals surface area contributed by atoms with Gasteiger partial charge >= 0.3 is 0 Å². The molecule has 5 heteroatoms. The largest absolute Gasteiger partial charge is 0.377 e. The van der Waals surface area contributed by atoms with E-state index in [0.717, 1.165) is 34.7 Å². The van der Waals surface area contributed by atoms with Gasteiger partial charge in [-0.3, -0.25) is 5.32 Å². The number of nitrogens with zero attached hydrogens (tertiary/aromatic N) is 1. The molecule has 0 aromatic carbocycles. The van der Waals surface area contributed by atoms with Gasteiger partial charge in [-0.2, -0.15) is 5.26 Å². The van der Waals surface area contributed by atoms with Gasteiger partial charge in [0.2, 0.25) is 0 Å². The van der Waals surface area contributed by atoms with Crippen LogP contribution in [0.5, 0.6) is 0 Å². The van der Waals surface area contributed by atoms with Gasteiger partial charge in [-0.05, 0) is 40.9 Å². The lowest BCUT2D eigenvalue weighted by molar-refractivity contribution is 0.109. The molecule has 3 nitrogen and oxygen atoms in total. The van der Waals surface area contributed by atoms with Crippen molar-refractivity contribution in [3.05, 3.63) is 20.8 Å². The molecule has 2 heterocycles. The Bertz CT molecular complexity index is 382. The Hall–Kier alpha value is -0.410. The topological polar surface area (TPSA) is 45.0 Å². The molecule has 86 valence electrons. The molecule has 0 bridgehead atoms. The summed E-state index contributed by atoms with van der Waals surface area (Å²) in [4.78, 5) is 1.05. The van der Waals surface area contributed by atoms with E-state index in [9.17, 15) is 0 Å². The Morgan fingerprint density at radius 3 is 3.12 bits per heavy atom. The number of thiophene rings is 1. The second kappa shape index (κ2) is 5.78. The Balaban J connectivity index is 1.88. The van der Waals surface area contributed by atoms with Crippen LogP contribution in [0.2, 0.25) is 0 Å². The fourth-order valence-corrected chi connectivity index (χ4v) is 3.19. The van der Waals surface area contributed by atoms with Crippen LogP contribution in [0, 0.1) is 11.3 Å². The van der Waals surface area contributed by atoms with Crippen molar-refractivity contribution >= 4 is 27.3 Å². The summed E-state index contributed by atoms with van der Waals surface area (Å²) >= 11 is 5.00. The van der Waals surface area contributed by atoms with Gasteiger partial charge in [0, 0.05) is 18.0 Å². The quantitative estimate of drug-likeness (QED) is 0.930. The molecule has 1 N–H and O–H groups in total. The predicted octanol–water partition coefficient (Wildman–Crippen LogP) is 2.84. The molecule has 0 radical (unpaired) electrons. The Labute approximate surface area is 108 Å². The van der Waals surface area contributed by atoms with Crippen molar-refractivity contribution in [2.75, 3.05) is 13.2 Å². The number of hydrogen-bond acceptors (Lipinski definition) is 4. The van der Waals surface area contributed by atoms with E-state index in [0.29, 0.717) is 0 Å². The molecule has 0 spiro atoms. The molecule has 0 amide bonds. The molecule has 0 saturated carbocycles. The third-order valence-electron chi connectivity index (χ3n) is 2.58. The normalized spacial score (nSPS) is 21.9. The summed E-state index contributed by atoms with van der Waals surface area (Å²) in [6, 6.07) is 6.00. The molecule has 1 saturated heterocycles. The molecular formula is C11H13BrN2OS. The Kier molecular flexibility index (Phi) is 4.36. The summed E-state index contributed by atoms with van der Waals surface area (Å²) in [5, 5.41) is 12.3. The minimum Gasteiger partial charge on any atom is -0.377 e. The zero-order chi connectivity index (χ0) is 11.4. The monoisotopic (exact) mass is 300 g/mol. The maximum Gasteiger partial charge on any atom is 0.130 e. The van der Waals surface area contributed by atoms with E-state index in [-0.39, 0.29) is 12.1 Å². The number of nitrogens with one attached hydrogen (secondary N) is 1. The second-order valence-corrected chi connectivity index (χ2v) is 6.24. The molecule has 1 fully saturated rings. The highest BCUT2D eigenvalue weighted by Gasteiger charge is 2.18. The lowest BCUT2D eigenvalue weighted by Crippen LogP contribution is -2.28. The predicted molar refractivity (Wildman–Crippen MR) is 67.3 cm³/mol. The van der Waals surface area contributed by atoms with Crippen molar-refractivity contribution in [1.82, 2.24) is 5.32 Å². The highest BCUT2D eigenvalue weighted by atomic mass is 79.9. The van der Waals surface area contributed by atoms with Crippen LogP contribution >= 0.6 is 27.3 Å². The molecule has 1 aliphatic heterocycles. The maximum atomic E-state index is 9.10. The Morgan fingerprint density at radius 2 is 2.56 bits per heavy atom. The molecular weight excluding hydrogens is 288 g/mol. The number of rotatable bonds is 4. The van der Waals surface area contributed by atoms with Gasteiger partial charge in [0.05, 0.1) is 16.0 Å². The average Bonchev–Trinajstić information content (AvgIpc) is 2.91. The van der Waals surface area contributed by atoms with Crippen LogP contribution in [0.25, 0.3) is 0 Å².